The van der Waals surface area contributed by atoms with Crippen molar-refractivity contribution in [3.63, 3.8) is 0 Å². The van der Waals surface area contributed by atoms with Crippen LogP contribution in [0.1, 0.15) is 49.5 Å². The molecule has 0 bridgehead atoms. The Morgan fingerprint density at radius 1 is 1.26 bits per heavy atom. The maximum atomic E-state index is 11.4. The summed E-state index contributed by atoms with van der Waals surface area (Å²) in [6.45, 7) is 10.1. The van der Waals surface area contributed by atoms with Crippen molar-refractivity contribution in [2.75, 3.05) is 18.0 Å². The van der Waals surface area contributed by atoms with E-state index in [1.807, 2.05) is 19.1 Å². The van der Waals surface area contributed by atoms with Crippen LogP contribution in [0.15, 0.2) is 18.2 Å². The van der Waals surface area contributed by atoms with Gasteiger partial charge in [-0.15, -0.1) is 0 Å². The number of carbonyl (C=O) groups is 1. The minimum absolute atomic E-state index is 0.410. The quantitative estimate of drug-likeness (QED) is 0.809. The summed E-state index contributed by atoms with van der Waals surface area (Å²) in [6.07, 6.45) is 2.25. The molecule has 0 atom stereocenters. The Labute approximate surface area is 116 Å². The number of anilines is 1. The SMILES string of the molecule is CCC(CC)CN(CC)c1ccc(C)cc1C(=O)O. The van der Waals surface area contributed by atoms with Gasteiger partial charge in [-0.3, -0.25) is 0 Å². The van der Waals surface area contributed by atoms with E-state index < -0.39 is 5.97 Å². The first-order chi connectivity index (χ1) is 9.03. The van der Waals surface area contributed by atoms with Gasteiger partial charge in [0.05, 0.1) is 11.3 Å². The number of hydrogen-bond acceptors (Lipinski definition) is 2. The minimum Gasteiger partial charge on any atom is -0.478 e. The van der Waals surface area contributed by atoms with E-state index >= 15 is 0 Å². The Kier molecular flexibility index (Phi) is 5.87. The maximum Gasteiger partial charge on any atom is 0.337 e. The van der Waals surface area contributed by atoms with Gasteiger partial charge in [-0.1, -0.05) is 38.3 Å². The lowest BCUT2D eigenvalue weighted by atomic mass is 10.0. The normalized spacial score (nSPS) is 10.8. The molecule has 0 saturated carbocycles. The molecule has 0 aliphatic heterocycles. The molecule has 0 amide bonds. The maximum absolute atomic E-state index is 11.4. The van der Waals surface area contributed by atoms with Crippen molar-refractivity contribution in [3.05, 3.63) is 29.3 Å². The molecule has 0 unspecified atom stereocenters. The van der Waals surface area contributed by atoms with E-state index in [1.165, 1.54) is 0 Å². The van der Waals surface area contributed by atoms with Gasteiger partial charge < -0.3 is 10.0 Å². The Balaban J connectivity index is 3.07. The van der Waals surface area contributed by atoms with Crippen molar-refractivity contribution in [1.29, 1.82) is 0 Å². The molecule has 1 N–H and O–H groups in total. The highest BCUT2D eigenvalue weighted by Gasteiger charge is 2.17. The molecule has 0 aliphatic carbocycles. The van der Waals surface area contributed by atoms with E-state index in [0.29, 0.717) is 11.5 Å². The number of rotatable bonds is 7. The zero-order valence-electron chi connectivity index (χ0n) is 12.4. The van der Waals surface area contributed by atoms with Gasteiger partial charge in [0.1, 0.15) is 0 Å². The Morgan fingerprint density at radius 3 is 2.37 bits per heavy atom. The molecule has 0 spiro atoms. The second-order valence-electron chi connectivity index (χ2n) is 5.05. The monoisotopic (exact) mass is 263 g/mol. The first-order valence-electron chi connectivity index (χ1n) is 7.12. The third-order valence-corrected chi connectivity index (χ3v) is 3.74. The molecule has 3 nitrogen and oxygen atoms in total. The molecule has 19 heavy (non-hydrogen) atoms. The summed E-state index contributed by atoms with van der Waals surface area (Å²) in [5, 5.41) is 9.36. The highest BCUT2D eigenvalue weighted by Crippen LogP contribution is 2.24. The number of nitrogens with zero attached hydrogens (tertiary/aromatic N) is 1. The van der Waals surface area contributed by atoms with Crippen LogP contribution in [-0.2, 0) is 0 Å². The van der Waals surface area contributed by atoms with Crippen LogP contribution in [0.2, 0.25) is 0 Å². The molecule has 1 rings (SSSR count). The molecule has 0 aliphatic rings. The van der Waals surface area contributed by atoms with Crippen molar-refractivity contribution < 1.29 is 9.90 Å². The second kappa shape index (κ2) is 7.17. The van der Waals surface area contributed by atoms with Crippen molar-refractivity contribution in [1.82, 2.24) is 0 Å². The summed E-state index contributed by atoms with van der Waals surface area (Å²) in [5.74, 6) is -0.232. The van der Waals surface area contributed by atoms with Crippen molar-refractivity contribution in [2.24, 2.45) is 5.92 Å². The number of carboxylic acid groups (broad SMARTS) is 1. The summed E-state index contributed by atoms with van der Waals surface area (Å²) in [5.41, 5.74) is 2.24. The topological polar surface area (TPSA) is 40.5 Å². The number of hydrogen-bond donors (Lipinski definition) is 1. The number of carboxylic acids is 1. The van der Waals surface area contributed by atoms with Gasteiger partial charge in [0.2, 0.25) is 0 Å². The standard InChI is InChI=1S/C16H25NO2/c1-5-13(6-2)11-17(7-3)15-9-8-12(4)10-14(15)16(18)19/h8-10,13H,5-7,11H2,1-4H3,(H,18,19). The number of aryl methyl sites for hydroxylation is 1. The molecule has 0 aromatic heterocycles. The molecule has 1 aromatic rings. The molecule has 0 saturated heterocycles. The van der Waals surface area contributed by atoms with Crippen LogP contribution < -0.4 is 4.90 Å². The van der Waals surface area contributed by atoms with Gasteiger partial charge >= 0.3 is 5.97 Å². The lowest BCUT2D eigenvalue weighted by molar-refractivity contribution is 0.0697. The smallest absolute Gasteiger partial charge is 0.337 e. The fraction of sp³-hybridized carbons (Fsp3) is 0.562. The fourth-order valence-corrected chi connectivity index (χ4v) is 2.35. The highest BCUT2D eigenvalue weighted by molar-refractivity contribution is 5.94. The summed E-state index contributed by atoms with van der Waals surface area (Å²) < 4.78 is 0. The highest BCUT2D eigenvalue weighted by atomic mass is 16.4. The van der Waals surface area contributed by atoms with Crippen LogP contribution >= 0.6 is 0 Å². The summed E-state index contributed by atoms with van der Waals surface area (Å²) in [6, 6.07) is 5.68. The van der Waals surface area contributed by atoms with Crippen LogP contribution in [0.25, 0.3) is 0 Å². The van der Waals surface area contributed by atoms with Crippen molar-refractivity contribution in [2.45, 2.75) is 40.5 Å². The zero-order chi connectivity index (χ0) is 14.4. The molecular weight excluding hydrogens is 238 g/mol. The van der Waals surface area contributed by atoms with Crippen LogP contribution in [0, 0.1) is 12.8 Å². The molecule has 1 aromatic carbocycles. The van der Waals surface area contributed by atoms with E-state index in [2.05, 4.69) is 25.7 Å². The van der Waals surface area contributed by atoms with E-state index in [0.717, 1.165) is 37.2 Å². The predicted octanol–water partition coefficient (Wildman–Crippen LogP) is 3.96. The summed E-state index contributed by atoms with van der Waals surface area (Å²) >= 11 is 0. The van der Waals surface area contributed by atoms with Crippen LogP contribution in [-0.4, -0.2) is 24.2 Å². The molecular formula is C16H25NO2. The van der Waals surface area contributed by atoms with Crippen molar-refractivity contribution in [3.8, 4) is 0 Å². The summed E-state index contributed by atoms with van der Waals surface area (Å²) in [4.78, 5) is 13.6. The molecule has 0 fully saturated rings. The van der Waals surface area contributed by atoms with E-state index in [-0.39, 0.29) is 0 Å². The fourth-order valence-electron chi connectivity index (χ4n) is 2.35. The predicted molar refractivity (Wildman–Crippen MR) is 80.1 cm³/mol. The van der Waals surface area contributed by atoms with Gasteiger partial charge in [0, 0.05) is 13.1 Å². The van der Waals surface area contributed by atoms with Gasteiger partial charge in [-0.25, -0.2) is 4.79 Å². The minimum atomic E-state index is -0.846. The van der Waals surface area contributed by atoms with E-state index in [9.17, 15) is 9.90 Å². The second-order valence-corrected chi connectivity index (χ2v) is 5.05. The lowest BCUT2D eigenvalue weighted by Crippen LogP contribution is -2.30. The van der Waals surface area contributed by atoms with Crippen LogP contribution in [0.4, 0.5) is 5.69 Å². The molecule has 0 heterocycles. The third kappa shape index (κ3) is 3.98. The zero-order valence-corrected chi connectivity index (χ0v) is 12.4. The summed E-state index contributed by atoms with van der Waals surface area (Å²) in [7, 11) is 0. The first-order valence-corrected chi connectivity index (χ1v) is 7.12. The number of aromatic carboxylic acids is 1. The average Bonchev–Trinajstić information content (AvgIpc) is 2.40. The molecule has 3 heteroatoms. The first kappa shape index (κ1) is 15.5. The van der Waals surface area contributed by atoms with E-state index in [4.69, 9.17) is 0 Å². The third-order valence-electron chi connectivity index (χ3n) is 3.74. The Hall–Kier alpha value is -1.51. The van der Waals surface area contributed by atoms with Gasteiger partial charge in [0.15, 0.2) is 0 Å². The van der Waals surface area contributed by atoms with E-state index in [1.54, 1.807) is 6.07 Å². The van der Waals surface area contributed by atoms with Gasteiger partial charge in [0.25, 0.3) is 0 Å². The average molecular weight is 263 g/mol. The van der Waals surface area contributed by atoms with Crippen LogP contribution in [0.3, 0.4) is 0 Å². The molecule has 0 radical (unpaired) electrons. The largest absolute Gasteiger partial charge is 0.478 e. The van der Waals surface area contributed by atoms with Gasteiger partial charge in [-0.2, -0.15) is 0 Å². The van der Waals surface area contributed by atoms with Crippen LogP contribution in [0.5, 0.6) is 0 Å². The number of benzene rings is 1. The van der Waals surface area contributed by atoms with Crippen molar-refractivity contribution >= 4 is 11.7 Å². The van der Waals surface area contributed by atoms with Gasteiger partial charge in [-0.05, 0) is 31.9 Å². The lowest BCUT2D eigenvalue weighted by Gasteiger charge is -2.28. The Morgan fingerprint density at radius 2 is 1.89 bits per heavy atom. The molecule has 106 valence electrons. The Bertz CT molecular complexity index is 425.